The number of carbonyl (C=O) groups excluding carboxylic acids is 3. The number of hydrogen-bond donors (Lipinski definition) is 3. The van der Waals surface area contributed by atoms with Gasteiger partial charge in [-0.2, -0.15) is 0 Å². The summed E-state index contributed by atoms with van der Waals surface area (Å²) >= 11 is 0. The van der Waals surface area contributed by atoms with Gasteiger partial charge in [-0.15, -0.1) is 0 Å². The molecule has 0 spiro atoms. The SMILES string of the molecule is COc1ccc(N2CCN(C(=O)C(=O)Nc3cc(NCCNC(C)=O)nc(-c4ccccc4)n3)CC2)cc1. The van der Waals surface area contributed by atoms with Crippen molar-refractivity contribution < 1.29 is 19.1 Å². The van der Waals surface area contributed by atoms with Crippen LogP contribution >= 0.6 is 0 Å². The molecule has 3 amide bonds. The molecule has 11 nitrogen and oxygen atoms in total. The number of ether oxygens (including phenoxy) is 1. The summed E-state index contributed by atoms with van der Waals surface area (Å²) < 4.78 is 5.21. The van der Waals surface area contributed by atoms with Gasteiger partial charge in [-0.1, -0.05) is 30.3 Å². The summed E-state index contributed by atoms with van der Waals surface area (Å²) in [6, 6.07) is 18.6. The molecule has 11 heteroatoms. The van der Waals surface area contributed by atoms with Gasteiger partial charge < -0.3 is 30.5 Å². The van der Waals surface area contributed by atoms with Gasteiger partial charge >= 0.3 is 11.8 Å². The molecule has 0 saturated carbocycles. The van der Waals surface area contributed by atoms with Crippen LogP contribution in [0, 0.1) is 0 Å². The van der Waals surface area contributed by atoms with E-state index in [-0.39, 0.29) is 11.7 Å². The monoisotopic (exact) mass is 517 g/mol. The van der Waals surface area contributed by atoms with Crippen LogP contribution in [0.4, 0.5) is 17.3 Å². The molecule has 0 bridgehead atoms. The largest absolute Gasteiger partial charge is 0.497 e. The molecule has 1 aliphatic rings. The highest BCUT2D eigenvalue weighted by molar-refractivity contribution is 6.39. The molecule has 38 heavy (non-hydrogen) atoms. The summed E-state index contributed by atoms with van der Waals surface area (Å²) in [4.78, 5) is 49.6. The Bertz CT molecular complexity index is 1260. The van der Waals surface area contributed by atoms with Crippen LogP contribution in [0.3, 0.4) is 0 Å². The van der Waals surface area contributed by atoms with E-state index < -0.39 is 11.8 Å². The van der Waals surface area contributed by atoms with Crippen LogP contribution in [0.15, 0.2) is 60.7 Å². The number of hydrogen-bond acceptors (Lipinski definition) is 8. The Labute approximate surface area is 221 Å². The number of piperazine rings is 1. The lowest BCUT2D eigenvalue weighted by Crippen LogP contribution is -2.51. The summed E-state index contributed by atoms with van der Waals surface area (Å²) in [6.07, 6.45) is 0. The van der Waals surface area contributed by atoms with E-state index in [4.69, 9.17) is 4.74 Å². The molecule has 2 heterocycles. The van der Waals surface area contributed by atoms with Crippen molar-refractivity contribution in [2.75, 3.05) is 61.9 Å². The lowest BCUT2D eigenvalue weighted by molar-refractivity contribution is -0.143. The number of nitrogens with one attached hydrogen (secondary N) is 3. The van der Waals surface area contributed by atoms with Gasteiger partial charge in [0.1, 0.15) is 17.4 Å². The molecule has 2 aromatic carbocycles. The Balaban J connectivity index is 1.40. The number of carbonyl (C=O) groups is 3. The number of methoxy groups -OCH3 is 1. The number of benzene rings is 2. The first kappa shape index (κ1) is 26.4. The Kier molecular flexibility index (Phi) is 8.70. The van der Waals surface area contributed by atoms with Gasteiger partial charge in [0, 0.05) is 63.5 Å². The molecular formula is C27H31N7O4. The van der Waals surface area contributed by atoms with E-state index >= 15 is 0 Å². The van der Waals surface area contributed by atoms with Crippen LogP contribution < -0.4 is 25.6 Å². The van der Waals surface area contributed by atoms with E-state index in [9.17, 15) is 14.4 Å². The van der Waals surface area contributed by atoms with Crippen LogP contribution in [0.1, 0.15) is 6.92 Å². The maximum Gasteiger partial charge on any atom is 0.315 e. The molecule has 3 N–H and O–H groups in total. The van der Waals surface area contributed by atoms with Gasteiger partial charge in [0.2, 0.25) is 5.91 Å². The molecule has 1 fully saturated rings. The summed E-state index contributed by atoms with van der Waals surface area (Å²) in [5, 5.41) is 8.46. The van der Waals surface area contributed by atoms with Crippen LogP contribution in [0.2, 0.25) is 0 Å². The summed E-state index contributed by atoms with van der Waals surface area (Å²) in [7, 11) is 1.62. The quantitative estimate of drug-likeness (QED) is 0.306. The number of nitrogens with zero attached hydrogens (tertiary/aromatic N) is 4. The lowest BCUT2D eigenvalue weighted by Gasteiger charge is -2.35. The van der Waals surface area contributed by atoms with Crippen LogP contribution in [-0.4, -0.2) is 79.0 Å². The third-order valence-corrected chi connectivity index (χ3v) is 6.00. The maximum atomic E-state index is 12.9. The fourth-order valence-electron chi connectivity index (χ4n) is 4.02. The summed E-state index contributed by atoms with van der Waals surface area (Å²) in [5.41, 5.74) is 1.80. The first-order valence-corrected chi connectivity index (χ1v) is 12.3. The fraction of sp³-hybridized carbons (Fsp3) is 0.296. The number of aromatic nitrogens is 2. The minimum Gasteiger partial charge on any atom is -0.497 e. The van der Waals surface area contributed by atoms with Crippen molar-refractivity contribution in [2.24, 2.45) is 0 Å². The van der Waals surface area contributed by atoms with Gasteiger partial charge in [0.05, 0.1) is 7.11 Å². The van der Waals surface area contributed by atoms with E-state index in [0.717, 1.165) is 17.0 Å². The van der Waals surface area contributed by atoms with Crippen molar-refractivity contribution in [2.45, 2.75) is 6.92 Å². The molecule has 0 aliphatic carbocycles. The van der Waals surface area contributed by atoms with Crippen molar-refractivity contribution in [3.05, 3.63) is 60.7 Å². The molecular weight excluding hydrogens is 486 g/mol. The van der Waals surface area contributed by atoms with Crippen molar-refractivity contribution in [3.8, 4) is 17.1 Å². The summed E-state index contributed by atoms with van der Waals surface area (Å²) in [6.45, 7) is 4.35. The van der Waals surface area contributed by atoms with Gasteiger partial charge in [-0.25, -0.2) is 9.97 Å². The molecule has 198 valence electrons. The van der Waals surface area contributed by atoms with Crippen LogP contribution in [0.5, 0.6) is 5.75 Å². The Morgan fingerprint density at radius 1 is 0.895 bits per heavy atom. The molecule has 0 unspecified atom stereocenters. The van der Waals surface area contributed by atoms with Gasteiger partial charge in [0.25, 0.3) is 0 Å². The topological polar surface area (TPSA) is 129 Å². The van der Waals surface area contributed by atoms with Crippen molar-refractivity contribution in [1.29, 1.82) is 0 Å². The highest BCUT2D eigenvalue weighted by Crippen LogP contribution is 2.22. The third kappa shape index (κ3) is 6.96. The van der Waals surface area contributed by atoms with Gasteiger partial charge in [-0.05, 0) is 24.3 Å². The lowest BCUT2D eigenvalue weighted by atomic mass is 10.2. The van der Waals surface area contributed by atoms with Crippen molar-refractivity contribution >= 4 is 35.0 Å². The second-order valence-electron chi connectivity index (χ2n) is 8.67. The fourth-order valence-corrected chi connectivity index (χ4v) is 4.02. The predicted molar refractivity (Wildman–Crippen MR) is 145 cm³/mol. The first-order valence-electron chi connectivity index (χ1n) is 12.3. The van der Waals surface area contributed by atoms with E-state index in [1.165, 1.54) is 6.92 Å². The zero-order valence-electron chi connectivity index (χ0n) is 21.4. The highest BCUT2D eigenvalue weighted by Gasteiger charge is 2.27. The molecule has 4 rings (SSSR count). The zero-order valence-corrected chi connectivity index (χ0v) is 21.4. The van der Waals surface area contributed by atoms with Gasteiger partial charge in [0.15, 0.2) is 5.82 Å². The molecule has 3 aromatic rings. The average Bonchev–Trinajstić information content (AvgIpc) is 2.95. The predicted octanol–water partition coefficient (Wildman–Crippen LogP) is 1.99. The Morgan fingerprint density at radius 2 is 1.58 bits per heavy atom. The smallest absolute Gasteiger partial charge is 0.315 e. The highest BCUT2D eigenvalue weighted by atomic mass is 16.5. The van der Waals surface area contributed by atoms with Crippen LogP contribution in [-0.2, 0) is 14.4 Å². The minimum atomic E-state index is -0.759. The Hall–Kier alpha value is -4.67. The third-order valence-electron chi connectivity index (χ3n) is 6.00. The number of amides is 3. The van der Waals surface area contributed by atoms with E-state index in [1.807, 2.05) is 54.6 Å². The Morgan fingerprint density at radius 3 is 2.24 bits per heavy atom. The first-order chi connectivity index (χ1) is 18.4. The summed E-state index contributed by atoms with van der Waals surface area (Å²) in [5.74, 6) is 0.340. The van der Waals surface area contributed by atoms with Crippen LogP contribution in [0.25, 0.3) is 11.4 Å². The number of anilines is 3. The van der Waals surface area contributed by atoms with E-state index in [2.05, 4.69) is 30.8 Å². The zero-order chi connectivity index (χ0) is 26.9. The van der Waals surface area contributed by atoms with Crippen molar-refractivity contribution in [3.63, 3.8) is 0 Å². The molecule has 1 aliphatic heterocycles. The maximum absolute atomic E-state index is 12.9. The molecule has 0 atom stereocenters. The molecule has 1 saturated heterocycles. The average molecular weight is 518 g/mol. The van der Waals surface area contributed by atoms with Crippen molar-refractivity contribution in [1.82, 2.24) is 20.2 Å². The molecule has 1 aromatic heterocycles. The second kappa shape index (κ2) is 12.5. The van der Waals surface area contributed by atoms with Gasteiger partial charge in [-0.3, -0.25) is 14.4 Å². The minimum absolute atomic E-state index is 0.129. The number of rotatable bonds is 8. The molecule has 0 radical (unpaired) electrons. The second-order valence-corrected chi connectivity index (χ2v) is 8.67. The standard InChI is InChI=1S/C27H31N7O4/c1-19(35)28-12-13-29-23-18-24(31-25(30-23)20-6-4-3-5-7-20)32-26(36)27(37)34-16-14-33(15-17-34)21-8-10-22(38-2)11-9-21/h3-11,18H,12-17H2,1-2H3,(H,28,35)(H2,29,30,31,32,36). The van der Waals surface area contributed by atoms with E-state index in [1.54, 1.807) is 18.1 Å². The van der Waals surface area contributed by atoms with E-state index in [0.29, 0.717) is 50.9 Å². The normalized spacial score (nSPS) is 13.0.